The molecule has 0 spiro atoms. The molecule has 1 saturated carbocycles. The van der Waals surface area contributed by atoms with Crippen molar-refractivity contribution >= 4 is 11.4 Å². The SMILES string of the molecule is CCCOc1cc(NC2CC2C)cc([N+](=O)[O-])c1. The zero-order valence-corrected chi connectivity index (χ0v) is 10.7. The van der Waals surface area contributed by atoms with Crippen LogP contribution in [-0.2, 0) is 0 Å². The Morgan fingerprint density at radius 2 is 2.22 bits per heavy atom. The highest BCUT2D eigenvalue weighted by Crippen LogP contribution is 2.35. The van der Waals surface area contributed by atoms with Crippen LogP contribution in [0.15, 0.2) is 18.2 Å². The fourth-order valence-electron chi connectivity index (χ4n) is 1.81. The van der Waals surface area contributed by atoms with Gasteiger partial charge in [-0.05, 0) is 18.8 Å². The normalized spacial score (nSPS) is 21.4. The van der Waals surface area contributed by atoms with Gasteiger partial charge in [-0.1, -0.05) is 13.8 Å². The lowest BCUT2D eigenvalue weighted by molar-refractivity contribution is -0.384. The van der Waals surface area contributed by atoms with Crippen molar-refractivity contribution in [3.05, 3.63) is 28.3 Å². The van der Waals surface area contributed by atoms with E-state index < -0.39 is 0 Å². The number of anilines is 1. The number of nitrogens with one attached hydrogen (secondary N) is 1. The van der Waals surface area contributed by atoms with Crippen LogP contribution in [0.5, 0.6) is 5.75 Å². The van der Waals surface area contributed by atoms with Gasteiger partial charge in [-0.3, -0.25) is 10.1 Å². The van der Waals surface area contributed by atoms with E-state index in [1.54, 1.807) is 6.07 Å². The first-order valence-corrected chi connectivity index (χ1v) is 6.29. The smallest absolute Gasteiger partial charge is 0.275 e. The average Bonchev–Trinajstić information content (AvgIpc) is 3.02. The quantitative estimate of drug-likeness (QED) is 0.622. The summed E-state index contributed by atoms with van der Waals surface area (Å²) in [5.41, 5.74) is 0.837. The van der Waals surface area contributed by atoms with Crippen molar-refractivity contribution in [3.8, 4) is 5.75 Å². The van der Waals surface area contributed by atoms with E-state index in [4.69, 9.17) is 4.74 Å². The van der Waals surface area contributed by atoms with E-state index in [0.717, 1.165) is 18.5 Å². The van der Waals surface area contributed by atoms with Crippen LogP contribution in [0.4, 0.5) is 11.4 Å². The van der Waals surface area contributed by atoms with Crippen molar-refractivity contribution in [1.82, 2.24) is 0 Å². The largest absolute Gasteiger partial charge is 0.493 e. The molecule has 1 aliphatic rings. The van der Waals surface area contributed by atoms with Crippen molar-refractivity contribution in [2.24, 2.45) is 5.92 Å². The molecule has 1 aromatic rings. The second kappa shape index (κ2) is 5.25. The number of hydrogen-bond acceptors (Lipinski definition) is 4. The lowest BCUT2D eigenvalue weighted by Gasteiger charge is -2.09. The van der Waals surface area contributed by atoms with E-state index in [9.17, 15) is 10.1 Å². The first-order chi connectivity index (χ1) is 8.60. The van der Waals surface area contributed by atoms with Crippen LogP contribution in [0.2, 0.25) is 0 Å². The molecule has 0 bridgehead atoms. The Balaban J connectivity index is 2.16. The molecule has 2 rings (SSSR count). The second-order valence-corrected chi connectivity index (χ2v) is 4.78. The zero-order chi connectivity index (χ0) is 13.1. The molecule has 5 nitrogen and oxygen atoms in total. The highest BCUT2D eigenvalue weighted by Gasteiger charge is 2.32. The van der Waals surface area contributed by atoms with Crippen molar-refractivity contribution in [2.45, 2.75) is 32.7 Å². The average molecular weight is 250 g/mol. The standard InChI is InChI=1S/C13H18N2O3/c1-3-4-18-12-7-10(14-13-5-9(13)2)6-11(8-12)15(16)17/h6-9,13-14H,3-5H2,1-2H3. The van der Waals surface area contributed by atoms with E-state index in [0.29, 0.717) is 24.3 Å². The van der Waals surface area contributed by atoms with Gasteiger partial charge < -0.3 is 10.1 Å². The molecule has 2 unspecified atom stereocenters. The molecule has 98 valence electrons. The molecule has 5 heteroatoms. The highest BCUT2D eigenvalue weighted by atomic mass is 16.6. The summed E-state index contributed by atoms with van der Waals surface area (Å²) in [4.78, 5) is 10.5. The van der Waals surface area contributed by atoms with Crippen LogP contribution in [0.3, 0.4) is 0 Å². The summed E-state index contributed by atoms with van der Waals surface area (Å²) in [6, 6.07) is 5.29. The van der Waals surface area contributed by atoms with Crippen LogP contribution in [0.25, 0.3) is 0 Å². The minimum atomic E-state index is -0.389. The number of benzene rings is 1. The van der Waals surface area contributed by atoms with Crippen molar-refractivity contribution < 1.29 is 9.66 Å². The maximum atomic E-state index is 10.9. The fourth-order valence-corrected chi connectivity index (χ4v) is 1.81. The molecule has 0 saturated heterocycles. The maximum Gasteiger partial charge on any atom is 0.275 e. The van der Waals surface area contributed by atoms with E-state index in [-0.39, 0.29) is 10.6 Å². The molecule has 2 atom stereocenters. The number of nitro groups is 1. The maximum absolute atomic E-state index is 10.9. The summed E-state index contributed by atoms with van der Waals surface area (Å²) in [5, 5.41) is 14.2. The van der Waals surface area contributed by atoms with Gasteiger partial charge in [0.1, 0.15) is 5.75 Å². The number of rotatable bonds is 6. The molecule has 1 N–H and O–H groups in total. The third kappa shape index (κ3) is 3.12. The first kappa shape index (κ1) is 12.7. The Labute approximate surface area is 106 Å². The minimum Gasteiger partial charge on any atom is -0.493 e. The number of hydrogen-bond donors (Lipinski definition) is 1. The fraction of sp³-hybridized carbons (Fsp3) is 0.538. The first-order valence-electron chi connectivity index (χ1n) is 6.29. The monoisotopic (exact) mass is 250 g/mol. The molecular formula is C13H18N2O3. The molecule has 0 aliphatic heterocycles. The van der Waals surface area contributed by atoms with Crippen molar-refractivity contribution in [3.63, 3.8) is 0 Å². The van der Waals surface area contributed by atoms with Crippen LogP contribution in [0, 0.1) is 16.0 Å². The van der Waals surface area contributed by atoms with Gasteiger partial charge in [0.15, 0.2) is 0 Å². The number of nitrogens with zero attached hydrogens (tertiary/aromatic N) is 1. The van der Waals surface area contributed by atoms with Crippen LogP contribution >= 0.6 is 0 Å². The summed E-state index contributed by atoms with van der Waals surface area (Å²) >= 11 is 0. The van der Waals surface area contributed by atoms with E-state index in [1.807, 2.05) is 13.0 Å². The third-order valence-corrected chi connectivity index (χ3v) is 3.04. The van der Waals surface area contributed by atoms with Gasteiger partial charge in [-0.15, -0.1) is 0 Å². The molecule has 0 amide bonds. The summed E-state index contributed by atoms with van der Waals surface area (Å²) in [6.07, 6.45) is 2.00. The predicted molar refractivity (Wildman–Crippen MR) is 70.1 cm³/mol. The van der Waals surface area contributed by atoms with Crippen LogP contribution in [0.1, 0.15) is 26.7 Å². The molecule has 1 aromatic carbocycles. The Morgan fingerprint density at radius 1 is 1.50 bits per heavy atom. The minimum absolute atomic E-state index is 0.0689. The summed E-state index contributed by atoms with van der Waals surface area (Å²) < 4.78 is 5.47. The van der Waals surface area contributed by atoms with E-state index in [2.05, 4.69) is 12.2 Å². The highest BCUT2D eigenvalue weighted by molar-refractivity contribution is 5.57. The van der Waals surface area contributed by atoms with Crippen LogP contribution < -0.4 is 10.1 Å². The summed E-state index contributed by atoms with van der Waals surface area (Å²) in [6.45, 7) is 4.73. The third-order valence-electron chi connectivity index (χ3n) is 3.04. The molecule has 0 aromatic heterocycles. The van der Waals surface area contributed by atoms with Gasteiger partial charge in [0.2, 0.25) is 0 Å². The lowest BCUT2D eigenvalue weighted by Crippen LogP contribution is -2.05. The van der Waals surface area contributed by atoms with Gasteiger partial charge in [0, 0.05) is 23.9 Å². The number of nitro benzene ring substituents is 1. The molecular weight excluding hydrogens is 232 g/mol. The summed E-state index contributed by atoms with van der Waals surface area (Å²) in [7, 11) is 0. The van der Waals surface area contributed by atoms with Gasteiger partial charge in [-0.2, -0.15) is 0 Å². The topological polar surface area (TPSA) is 64.4 Å². The summed E-state index contributed by atoms with van der Waals surface area (Å²) in [5.74, 6) is 1.20. The Morgan fingerprint density at radius 3 is 2.78 bits per heavy atom. The Kier molecular flexibility index (Phi) is 3.69. The van der Waals surface area contributed by atoms with E-state index >= 15 is 0 Å². The second-order valence-electron chi connectivity index (χ2n) is 4.78. The van der Waals surface area contributed by atoms with Crippen LogP contribution in [-0.4, -0.2) is 17.6 Å². The Hall–Kier alpha value is -1.78. The number of ether oxygens (including phenoxy) is 1. The molecule has 0 radical (unpaired) electrons. The van der Waals surface area contributed by atoms with Gasteiger partial charge in [-0.25, -0.2) is 0 Å². The van der Waals surface area contributed by atoms with Crippen molar-refractivity contribution in [2.75, 3.05) is 11.9 Å². The van der Waals surface area contributed by atoms with Gasteiger partial charge >= 0.3 is 0 Å². The zero-order valence-electron chi connectivity index (χ0n) is 10.7. The van der Waals surface area contributed by atoms with E-state index in [1.165, 1.54) is 6.07 Å². The molecule has 1 fully saturated rings. The lowest BCUT2D eigenvalue weighted by atomic mass is 10.2. The van der Waals surface area contributed by atoms with Crippen molar-refractivity contribution in [1.29, 1.82) is 0 Å². The number of non-ortho nitro benzene ring substituents is 1. The Bertz CT molecular complexity index is 448. The molecule has 0 heterocycles. The predicted octanol–water partition coefficient (Wildman–Crippen LogP) is 3.20. The van der Waals surface area contributed by atoms with Gasteiger partial charge in [0.05, 0.1) is 17.6 Å². The molecule has 18 heavy (non-hydrogen) atoms. The van der Waals surface area contributed by atoms with Gasteiger partial charge in [0.25, 0.3) is 5.69 Å². The molecule has 1 aliphatic carbocycles.